The van der Waals surface area contributed by atoms with Crippen molar-refractivity contribution in [2.24, 2.45) is 0 Å². The Bertz CT molecular complexity index is 398. The monoisotopic (exact) mass is 309 g/mol. The number of aromatic nitrogens is 1. The average Bonchev–Trinajstić information content (AvgIpc) is 2.80. The van der Waals surface area contributed by atoms with E-state index >= 15 is 0 Å². The summed E-state index contributed by atoms with van der Waals surface area (Å²) in [4.78, 5) is 7.03. The number of rotatable bonds is 2. The summed E-state index contributed by atoms with van der Waals surface area (Å²) in [6.07, 6.45) is 7.35. The third-order valence-corrected chi connectivity index (χ3v) is 4.66. The van der Waals surface area contributed by atoms with Crippen LogP contribution in [0.25, 0.3) is 0 Å². The molecule has 1 saturated carbocycles. The van der Waals surface area contributed by atoms with Gasteiger partial charge in [0.2, 0.25) is 0 Å². The van der Waals surface area contributed by atoms with E-state index in [0.29, 0.717) is 5.54 Å². The van der Waals surface area contributed by atoms with Gasteiger partial charge < -0.3 is 5.32 Å². The fourth-order valence-electron chi connectivity index (χ4n) is 3.29. The molecule has 0 aromatic carbocycles. The first-order valence-electron chi connectivity index (χ1n) is 6.84. The molecule has 98 valence electrons. The summed E-state index contributed by atoms with van der Waals surface area (Å²) in [5, 5.41) is 3.75. The van der Waals surface area contributed by atoms with Crippen molar-refractivity contribution in [3.05, 3.63) is 28.5 Å². The molecule has 18 heavy (non-hydrogen) atoms. The normalized spacial score (nSPS) is 23.6. The standard InChI is InChI=1S/C14H20BrN3/c15-12-3-4-13(16-9-12)10-18-8-7-17-14(11-18)5-1-2-6-14/h3-4,9,17H,1-2,5-8,10-11H2. The van der Waals surface area contributed by atoms with E-state index in [1.54, 1.807) is 0 Å². The molecule has 0 unspecified atom stereocenters. The highest BCUT2D eigenvalue weighted by Gasteiger charge is 2.37. The number of nitrogens with one attached hydrogen (secondary N) is 1. The second-order valence-corrected chi connectivity index (χ2v) is 6.51. The van der Waals surface area contributed by atoms with Crippen LogP contribution >= 0.6 is 15.9 Å². The topological polar surface area (TPSA) is 28.2 Å². The van der Waals surface area contributed by atoms with Gasteiger partial charge in [-0.2, -0.15) is 0 Å². The molecule has 3 rings (SSSR count). The van der Waals surface area contributed by atoms with Crippen molar-refractivity contribution < 1.29 is 0 Å². The van der Waals surface area contributed by atoms with Crippen LogP contribution in [0.3, 0.4) is 0 Å². The van der Waals surface area contributed by atoms with Crippen LogP contribution in [0.2, 0.25) is 0 Å². The van der Waals surface area contributed by atoms with Crippen molar-refractivity contribution in [2.45, 2.75) is 37.8 Å². The molecule has 4 heteroatoms. The molecule has 1 saturated heterocycles. The highest BCUT2D eigenvalue weighted by atomic mass is 79.9. The molecule has 2 aliphatic rings. The van der Waals surface area contributed by atoms with E-state index in [0.717, 1.165) is 24.1 Å². The van der Waals surface area contributed by atoms with E-state index < -0.39 is 0 Å². The molecular formula is C14H20BrN3. The van der Waals surface area contributed by atoms with Crippen molar-refractivity contribution in [3.8, 4) is 0 Å². The summed E-state index contributed by atoms with van der Waals surface area (Å²) < 4.78 is 1.05. The Hall–Kier alpha value is -0.450. The molecule has 1 aromatic rings. The van der Waals surface area contributed by atoms with Crippen LogP contribution in [-0.4, -0.2) is 35.1 Å². The van der Waals surface area contributed by atoms with Crippen molar-refractivity contribution in [3.63, 3.8) is 0 Å². The molecule has 0 bridgehead atoms. The van der Waals surface area contributed by atoms with Gasteiger partial charge >= 0.3 is 0 Å². The SMILES string of the molecule is Brc1ccc(CN2CCNC3(CCCC3)C2)nc1. The van der Waals surface area contributed by atoms with Gasteiger partial charge in [-0.3, -0.25) is 9.88 Å². The Kier molecular flexibility index (Phi) is 3.68. The number of piperazine rings is 1. The first-order valence-corrected chi connectivity index (χ1v) is 7.63. The highest BCUT2D eigenvalue weighted by molar-refractivity contribution is 9.10. The van der Waals surface area contributed by atoms with Crippen LogP contribution in [0, 0.1) is 0 Å². The Morgan fingerprint density at radius 1 is 1.33 bits per heavy atom. The van der Waals surface area contributed by atoms with Crippen LogP contribution in [0.1, 0.15) is 31.4 Å². The summed E-state index contributed by atoms with van der Waals surface area (Å²) in [7, 11) is 0. The Morgan fingerprint density at radius 2 is 2.17 bits per heavy atom. The summed E-state index contributed by atoms with van der Waals surface area (Å²) in [5.74, 6) is 0. The minimum atomic E-state index is 0.410. The number of halogens is 1. The molecule has 1 aliphatic heterocycles. The predicted molar refractivity (Wildman–Crippen MR) is 76.4 cm³/mol. The lowest BCUT2D eigenvalue weighted by molar-refractivity contribution is 0.127. The van der Waals surface area contributed by atoms with Gasteiger partial charge in [0.15, 0.2) is 0 Å². The third kappa shape index (κ3) is 2.76. The van der Waals surface area contributed by atoms with Gasteiger partial charge in [0.1, 0.15) is 0 Å². The molecule has 1 N–H and O–H groups in total. The van der Waals surface area contributed by atoms with Crippen LogP contribution < -0.4 is 5.32 Å². The smallest absolute Gasteiger partial charge is 0.0544 e. The van der Waals surface area contributed by atoms with E-state index in [1.807, 2.05) is 6.20 Å². The van der Waals surface area contributed by atoms with E-state index in [-0.39, 0.29) is 0 Å². The lowest BCUT2D eigenvalue weighted by Gasteiger charge is -2.41. The number of hydrogen-bond donors (Lipinski definition) is 1. The predicted octanol–water partition coefficient (Wildman–Crippen LogP) is 2.56. The molecule has 3 nitrogen and oxygen atoms in total. The van der Waals surface area contributed by atoms with E-state index in [2.05, 4.69) is 43.3 Å². The van der Waals surface area contributed by atoms with Gasteiger partial charge in [-0.25, -0.2) is 0 Å². The summed E-state index contributed by atoms with van der Waals surface area (Å²) in [5.41, 5.74) is 1.58. The number of hydrogen-bond acceptors (Lipinski definition) is 3. The summed E-state index contributed by atoms with van der Waals surface area (Å²) >= 11 is 3.43. The van der Waals surface area contributed by atoms with Gasteiger partial charge in [-0.05, 0) is 40.9 Å². The van der Waals surface area contributed by atoms with Crippen LogP contribution in [0.15, 0.2) is 22.8 Å². The maximum Gasteiger partial charge on any atom is 0.0544 e. The first kappa shape index (κ1) is 12.6. The van der Waals surface area contributed by atoms with Crippen LogP contribution in [-0.2, 0) is 6.54 Å². The fourth-order valence-corrected chi connectivity index (χ4v) is 3.53. The van der Waals surface area contributed by atoms with E-state index in [9.17, 15) is 0 Å². The summed E-state index contributed by atoms with van der Waals surface area (Å²) in [6.45, 7) is 4.43. The quantitative estimate of drug-likeness (QED) is 0.910. The fraction of sp³-hybridized carbons (Fsp3) is 0.643. The van der Waals surface area contributed by atoms with Gasteiger partial charge in [0.05, 0.1) is 5.69 Å². The molecule has 0 atom stereocenters. The number of nitrogens with zero attached hydrogens (tertiary/aromatic N) is 2. The number of pyridine rings is 1. The Labute approximate surface area is 117 Å². The lowest BCUT2D eigenvalue weighted by Crippen LogP contribution is -2.58. The second kappa shape index (κ2) is 5.27. The molecule has 2 fully saturated rings. The van der Waals surface area contributed by atoms with E-state index in [4.69, 9.17) is 0 Å². The molecule has 1 aliphatic carbocycles. The molecule has 2 heterocycles. The highest BCUT2D eigenvalue weighted by Crippen LogP contribution is 2.32. The molecule has 1 spiro atoms. The van der Waals surface area contributed by atoms with Crippen molar-refractivity contribution >= 4 is 15.9 Å². The average molecular weight is 310 g/mol. The third-order valence-electron chi connectivity index (χ3n) is 4.19. The van der Waals surface area contributed by atoms with Crippen LogP contribution in [0.5, 0.6) is 0 Å². The van der Waals surface area contributed by atoms with Crippen molar-refractivity contribution in [2.75, 3.05) is 19.6 Å². The zero-order chi connectivity index (χ0) is 12.4. The molecular weight excluding hydrogens is 290 g/mol. The maximum atomic E-state index is 4.48. The molecule has 0 radical (unpaired) electrons. The zero-order valence-electron chi connectivity index (χ0n) is 10.7. The molecule has 0 amide bonds. The summed E-state index contributed by atoms with van der Waals surface area (Å²) in [6, 6.07) is 4.20. The Balaban J connectivity index is 1.64. The molecule has 1 aromatic heterocycles. The van der Waals surface area contributed by atoms with Crippen molar-refractivity contribution in [1.82, 2.24) is 15.2 Å². The lowest BCUT2D eigenvalue weighted by atomic mass is 9.94. The van der Waals surface area contributed by atoms with Crippen molar-refractivity contribution in [1.29, 1.82) is 0 Å². The Morgan fingerprint density at radius 3 is 2.89 bits per heavy atom. The zero-order valence-corrected chi connectivity index (χ0v) is 12.2. The van der Waals surface area contributed by atoms with E-state index in [1.165, 1.54) is 37.9 Å². The maximum absolute atomic E-state index is 4.48. The van der Waals surface area contributed by atoms with Gasteiger partial charge in [-0.15, -0.1) is 0 Å². The van der Waals surface area contributed by atoms with Gasteiger partial charge in [0.25, 0.3) is 0 Å². The minimum Gasteiger partial charge on any atom is -0.309 e. The first-order chi connectivity index (χ1) is 8.76. The van der Waals surface area contributed by atoms with Gasteiger partial charge in [0, 0.05) is 42.4 Å². The minimum absolute atomic E-state index is 0.410. The van der Waals surface area contributed by atoms with Gasteiger partial charge in [-0.1, -0.05) is 12.8 Å². The second-order valence-electron chi connectivity index (χ2n) is 5.59. The largest absolute Gasteiger partial charge is 0.309 e. The van der Waals surface area contributed by atoms with Crippen LogP contribution in [0.4, 0.5) is 0 Å².